The van der Waals surface area contributed by atoms with E-state index in [1.807, 2.05) is 0 Å². The van der Waals surface area contributed by atoms with Crippen molar-refractivity contribution in [3.63, 3.8) is 0 Å². The minimum Gasteiger partial charge on any atom is -0.492 e. The van der Waals surface area contributed by atoms with Crippen molar-refractivity contribution in [2.45, 2.75) is 37.2 Å². The van der Waals surface area contributed by atoms with E-state index in [2.05, 4.69) is 5.32 Å². The van der Waals surface area contributed by atoms with Crippen LogP contribution in [0.2, 0.25) is 5.02 Å². The van der Waals surface area contributed by atoms with Gasteiger partial charge in [-0.25, -0.2) is 13.1 Å². The van der Waals surface area contributed by atoms with Gasteiger partial charge in [0.25, 0.3) is 0 Å². The molecule has 1 aromatic rings. The molecule has 0 heterocycles. The van der Waals surface area contributed by atoms with E-state index in [4.69, 9.17) is 16.3 Å². The third-order valence-electron chi connectivity index (χ3n) is 3.87. The minimum absolute atomic E-state index is 0.119. The normalized spacial score (nSPS) is 16.2. The molecular formula is C15H18ClF3N2O4S. The Morgan fingerprint density at radius 2 is 2.00 bits per heavy atom. The van der Waals surface area contributed by atoms with E-state index < -0.39 is 27.6 Å². The van der Waals surface area contributed by atoms with Crippen LogP contribution in [0, 0.1) is 0 Å². The number of alkyl halides is 3. The molecule has 0 radical (unpaired) electrons. The quantitative estimate of drug-likeness (QED) is 0.640. The first-order valence-corrected chi connectivity index (χ1v) is 9.66. The van der Waals surface area contributed by atoms with Gasteiger partial charge in [-0.15, -0.1) is 0 Å². The summed E-state index contributed by atoms with van der Waals surface area (Å²) in [6.45, 7) is 0.886. The fourth-order valence-corrected chi connectivity index (χ4v) is 3.14. The van der Waals surface area contributed by atoms with E-state index in [1.54, 1.807) is 19.1 Å². The molecule has 6 nitrogen and oxygen atoms in total. The number of amides is 1. The van der Waals surface area contributed by atoms with E-state index in [0.29, 0.717) is 35.6 Å². The minimum atomic E-state index is -5.40. The van der Waals surface area contributed by atoms with Crippen molar-refractivity contribution in [2.75, 3.05) is 13.2 Å². The average molecular weight is 415 g/mol. The molecule has 11 heteroatoms. The third-order valence-corrected chi connectivity index (χ3v) is 5.39. The average Bonchev–Trinajstić information content (AvgIpc) is 3.32. The Kier molecular flexibility index (Phi) is 6.09. The molecular weight excluding hydrogens is 397 g/mol. The molecule has 2 rings (SSSR count). The second kappa shape index (κ2) is 7.61. The number of hydrogen-bond acceptors (Lipinski definition) is 4. The Morgan fingerprint density at radius 3 is 2.54 bits per heavy atom. The van der Waals surface area contributed by atoms with Crippen molar-refractivity contribution in [3.8, 4) is 5.75 Å². The molecule has 1 aromatic carbocycles. The zero-order chi connectivity index (χ0) is 19.6. The summed E-state index contributed by atoms with van der Waals surface area (Å²) >= 11 is 6.20. The lowest BCUT2D eigenvalue weighted by atomic mass is 10.0. The number of rotatable bonds is 8. The largest absolute Gasteiger partial charge is 0.511 e. The summed E-state index contributed by atoms with van der Waals surface area (Å²) in [6, 6.07) is 4.68. The second-order valence-electron chi connectivity index (χ2n) is 5.82. The molecule has 1 aliphatic carbocycles. The summed E-state index contributed by atoms with van der Waals surface area (Å²) in [5.74, 6) is 0.194. The Balaban J connectivity index is 1.99. The molecule has 0 saturated heterocycles. The van der Waals surface area contributed by atoms with Crippen LogP contribution in [0.4, 0.5) is 13.2 Å². The van der Waals surface area contributed by atoms with Gasteiger partial charge in [-0.1, -0.05) is 18.5 Å². The number of nitrogens with one attached hydrogen (secondary N) is 2. The van der Waals surface area contributed by atoms with E-state index in [1.165, 1.54) is 10.8 Å². The molecule has 0 bridgehead atoms. The standard InChI is InChI=1S/C15H18ClF3N2O4S/c1-2-13(22)21-14(5-6-14)11-9-10(3-4-12(11)16)25-8-7-20-26(23,24)15(17,18)19/h3-4,9,20H,2,5-8H2,1H3,(H,21,22). The maximum atomic E-state index is 12.2. The van der Waals surface area contributed by atoms with Crippen LogP contribution in [0.25, 0.3) is 0 Å². The number of carbonyl (C=O) groups is 1. The van der Waals surface area contributed by atoms with Crippen molar-refractivity contribution < 1.29 is 31.1 Å². The first-order chi connectivity index (χ1) is 12.0. The van der Waals surface area contributed by atoms with Crippen LogP contribution in [0.5, 0.6) is 5.75 Å². The van der Waals surface area contributed by atoms with Crippen LogP contribution >= 0.6 is 11.6 Å². The SMILES string of the molecule is CCC(=O)NC1(c2cc(OCCNS(=O)(=O)C(F)(F)F)ccc2Cl)CC1. The highest BCUT2D eigenvalue weighted by Crippen LogP contribution is 2.49. The van der Waals surface area contributed by atoms with Crippen molar-refractivity contribution in [3.05, 3.63) is 28.8 Å². The molecule has 1 aliphatic rings. The van der Waals surface area contributed by atoms with E-state index in [0.717, 1.165) is 0 Å². The van der Waals surface area contributed by atoms with Gasteiger partial charge in [0.05, 0.1) is 5.54 Å². The van der Waals surface area contributed by atoms with Gasteiger partial charge < -0.3 is 10.1 Å². The molecule has 0 aliphatic heterocycles. The first-order valence-electron chi connectivity index (χ1n) is 7.80. The van der Waals surface area contributed by atoms with Gasteiger partial charge >= 0.3 is 15.5 Å². The van der Waals surface area contributed by atoms with E-state index in [-0.39, 0.29) is 12.5 Å². The molecule has 26 heavy (non-hydrogen) atoms. The van der Waals surface area contributed by atoms with Crippen LogP contribution in [0.1, 0.15) is 31.7 Å². The Hall–Kier alpha value is -1.52. The fraction of sp³-hybridized carbons (Fsp3) is 0.533. The molecule has 1 amide bonds. The van der Waals surface area contributed by atoms with E-state index >= 15 is 0 Å². The molecule has 146 valence electrons. The number of sulfonamides is 1. The number of hydrogen-bond donors (Lipinski definition) is 2. The van der Waals surface area contributed by atoms with E-state index in [9.17, 15) is 26.4 Å². The monoisotopic (exact) mass is 414 g/mol. The Labute approximate surface area is 154 Å². The first kappa shape index (κ1) is 20.8. The lowest BCUT2D eigenvalue weighted by molar-refractivity contribution is -0.121. The van der Waals surface area contributed by atoms with Crippen molar-refractivity contribution in [2.24, 2.45) is 0 Å². The highest BCUT2D eigenvalue weighted by atomic mass is 35.5. The molecule has 0 unspecified atom stereocenters. The zero-order valence-electron chi connectivity index (χ0n) is 13.8. The van der Waals surface area contributed by atoms with Gasteiger partial charge in [-0.05, 0) is 36.6 Å². The Morgan fingerprint density at radius 1 is 1.35 bits per heavy atom. The van der Waals surface area contributed by atoms with Gasteiger partial charge in [0.15, 0.2) is 0 Å². The van der Waals surface area contributed by atoms with Crippen molar-refractivity contribution >= 4 is 27.5 Å². The van der Waals surface area contributed by atoms with Crippen LogP contribution in [0.3, 0.4) is 0 Å². The lowest BCUT2D eigenvalue weighted by Crippen LogP contribution is -2.38. The summed E-state index contributed by atoms with van der Waals surface area (Å²) in [5, 5.41) is 3.34. The molecule has 0 spiro atoms. The van der Waals surface area contributed by atoms with Crippen molar-refractivity contribution in [1.29, 1.82) is 0 Å². The maximum absolute atomic E-state index is 12.2. The lowest BCUT2D eigenvalue weighted by Gasteiger charge is -2.20. The summed E-state index contributed by atoms with van der Waals surface area (Å²) < 4.78 is 65.1. The van der Waals surface area contributed by atoms with Gasteiger partial charge in [0.1, 0.15) is 12.4 Å². The fourth-order valence-electron chi connectivity index (χ4n) is 2.33. The number of carbonyl (C=O) groups excluding carboxylic acids is 1. The Bertz CT molecular complexity index is 780. The molecule has 0 atom stereocenters. The zero-order valence-corrected chi connectivity index (χ0v) is 15.4. The van der Waals surface area contributed by atoms with Crippen molar-refractivity contribution in [1.82, 2.24) is 10.0 Å². The highest BCUT2D eigenvalue weighted by Gasteiger charge is 2.47. The van der Waals surface area contributed by atoms with Gasteiger partial charge in [0, 0.05) is 18.0 Å². The molecule has 0 aromatic heterocycles. The topological polar surface area (TPSA) is 84.5 Å². The van der Waals surface area contributed by atoms with Gasteiger partial charge in [0.2, 0.25) is 5.91 Å². The molecule has 1 fully saturated rings. The maximum Gasteiger partial charge on any atom is 0.511 e. The summed E-state index contributed by atoms with van der Waals surface area (Å²) in [4.78, 5) is 11.7. The van der Waals surface area contributed by atoms with Crippen LogP contribution < -0.4 is 14.8 Å². The summed E-state index contributed by atoms with van der Waals surface area (Å²) in [6.07, 6.45) is 1.76. The predicted molar refractivity (Wildman–Crippen MR) is 89.3 cm³/mol. The number of benzene rings is 1. The van der Waals surface area contributed by atoms with Crippen LogP contribution in [0.15, 0.2) is 18.2 Å². The number of halogens is 4. The third kappa shape index (κ3) is 4.80. The number of ether oxygens (including phenoxy) is 1. The predicted octanol–water partition coefficient (Wildman–Crippen LogP) is 2.67. The molecule has 1 saturated carbocycles. The van der Waals surface area contributed by atoms with Gasteiger partial charge in [-0.2, -0.15) is 13.2 Å². The van der Waals surface area contributed by atoms with Crippen LogP contribution in [-0.4, -0.2) is 33.0 Å². The molecule has 2 N–H and O–H groups in total. The van der Waals surface area contributed by atoms with Gasteiger partial charge in [-0.3, -0.25) is 4.79 Å². The van der Waals surface area contributed by atoms with Crippen LogP contribution in [-0.2, 0) is 20.4 Å². The smallest absolute Gasteiger partial charge is 0.492 e. The highest BCUT2D eigenvalue weighted by molar-refractivity contribution is 7.90. The summed E-state index contributed by atoms with van der Waals surface area (Å²) in [7, 11) is -5.40. The second-order valence-corrected chi connectivity index (χ2v) is 7.98. The summed E-state index contributed by atoms with van der Waals surface area (Å²) in [5.41, 5.74) is -5.26.